The quantitative estimate of drug-likeness (QED) is 0.331. The molecule has 150 valence electrons. The second kappa shape index (κ2) is 15.4. The van der Waals surface area contributed by atoms with Crippen LogP contribution in [0.2, 0.25) is 0 Å². The molecule has 0 aromatic heterocycles. The van der Waals surface area contributed by atoms with Gasteiger partial charge in [-0.1, -0.05) is 32.6 Å². The highest BCUT2D eigenvalue weighted by molar-refractivity contribution is 5.66. The number of unbranched alkanes of at least 4 members (excludes halogenated alkanes) is 5. The highest BCUT2D eigenvalue weighted by Crippen LogP contribution is 2.13. The summed E-state index contributed by atoms with van der Waals surface area (Å²) in [7, 11) is 3.35. The fourth-order valence-corrected chi connectivity index (χ4v) is 2.17. The molecule has 1 N–H and O–H groups in total. The molecule has 0 aromatic carbocycles. The molecule has 0 aliphatic rings. The Labute approximate surface area is 153 Å². The van der Waals surface area contributed by atoms with Crippen LogP contribution in [0.4, 0.5) is 4.79 Å². The highest BCUT2D eigenvalue weighted by Gasteiger charge is 2.19. The molecule has 0 bridgehead atoms. The van der Waals surface area contributed by atoms with Crippen molar-refractivity contribution in [1.82, 2.24) is 5.32 Å². The van der Waals surface area contributed by atoms with Gasteiger partial charge in [-0.25, -0.2) is 4.79 Å². The highest BCUT2D eigenvalue weighted by atomic mass is 16.7. The van der Waals surface area contributed by atoms with Crippen LogP contribution in [0.5, 0.6) is 0 Å². The average Bonchev–Trinajstić information content (AvgIpc) is 2.60. The summed E-state index contributed by atoms with van der Waals surface area (Å²) >= 11 is 0. The van der Waals surface area contributed by atoms with Crippen molar-refractivity contribution < 1.29 is 23.7 Å². The van der Waals surface area contributed by atoms with Crippen LogP contribution < -0.4 is 5.32 Å². The maximum Gasteiger partial charge on any atom is 0.407 e. The zero-order valence-corrected chi connectivity index (χ0v) is 16.9. The second-order valence-corrected chi connectivity index (χ2v) is 6.83. The second-order valence-electron chi connectivity index (χ2n) is 6.83. The first-order valence-corrected chi connectivity index (χ1v) is 9.53. The maximum atomic E-state index is 11.7. The number of hydrogen-bond acceptors (Lipinski definition) is 5. The number of carbonyl (C=O) groups excluding carboxylic acids is 1. The van der Waals surface area contributed by atoms with E-state index in [1.165, 1.54) is 19.3 Å². The topological polar surface area (TPSA) is 66.0 Å². The van der Waals surface area contributed by atoms with E-state index in [9.17, 15) is 4.79 Å². The first-order valence-electron chi connectivity index (χ1n) is 9.53. The molecule has 0 spiro atoms. The van der Waals surface area contributed by atoms with E-state index in [1.807, 2.05) is 13.8 Å². The van der Waals surface area contributed by atoms with Gasteiger partial charge in [0.25, 0.3) is 0 Å². The fraction of sp³-hybridized carbons (Fsp3) is 0.947. The number of alkyl carbamates (subject to hydrolysis) is 1. The van der Waals surface area contributed by atoms with Crippen LogP contribution in [0.1, 0.15) is 65.7 Å². The first-order chi connectivity index (χ1) is 11.9. The van der Waals surface area contributed by atoms with Crippen LogP contribution in [-0.2, 0) is 18.9 Å². The molecule has 0 saturated carbocycles. The minimum atomic E-state index is -0.612. The number of ether oxygens (including phenoxy) is 4. The predicted octanol–water partition coefficient (Wildman–Crippen LogP) is 4.12. The molecular formula is C19H39NO5. The van der Waals surface area contributed by atoms with E-state index in [0.29, 0.717) is 19.8 Å². The summed E-state index contributed by atoms with van der Waals surface area (Å²) in [6.07, 6.45) is 7.43. The fourth-order valence-electron chi connectivity index (χ4n) is 2.17. The molecule has 1 amide bonds. The molecule has 1 atom stereocenters. The molecule has 0 aliphatic carbocycles. The van der Waals surface area contributed by atoms with E-state index < -0.39 is 5.79 Å². The Kier molecular flexibility index (Phi) is 14.9. The van der Waals surface area contributed by atoms with E-state index >= 15 is 0 Å². The Morgan fingerprint density at radius 2 is 1.64 bits per heavy atom. The predicted molar refractivity (Wildman–Crippen MR) is 99.7 cm³/mol. The minimum Gasteiger partial charge on any atom is -0.449 e. The molecule has 0 aliphatic heterocycles. The van der Waals surface area contributed by atoms with E-state index in [0.717, 1.165) is 32.3 Å². The van der Waals surface area contributed by atoms with Crippen molar-refractivity contribution in [1.29, 1.82) is 0 Å². The summed E-state index contributed by atoms with van der Waals surface area (Å²) in [6.45, 7) is 8.17. The van der Waals surface area contributed by atoms with E-state index in [1.54, 1.807) is 14.2 Å². The van der Waals surface area contributed by atoms with Crippen LogP contribution in [0.25, 0.3) is 0 Å². The van der Waals surface area contributed by atoms with Crippen LogP contribution in [0, 0.1) is 5.92 Å². The first kappa shape index (κ1) is 24.1. The van der Waals surface area contributed by atoms with Gasteiger partial charge >= 0.3 is 6.09 Å². The third kappa shape index (κ3) is 15.1. The largest absolute Gasteiger partial charge is 0.449 e. The molecule has 1 unspecified atom stereocenters. The molecule has 0 rings (SSSR count). The summed E-state index contributed by atoms with van der Waals surface area (Å²) in [5.41, 5.74) is 0. The molecule has 0 heterocycles. The molecule has 0 saturated heterocycles. The van der Waals surface area contributed by atoms with Gasteiger partial charge in [-0.05, 0) is 33.1 Å². The van der Waals surface area contributed by atoms with Crippen molar-refractivity contribution in [3.8, 4) is 0 Å². The van der Waals surface area contributed by atoms with Crippen molar-refractivity contribution in [3.05, 3.63) is 0 Å². The lowest BCUT2D eigenvalue weighted by Crippen LogP contribution is -2.32. The molecule has 6 nitrogen and oxygen atoms in total. The van der Waals surface area contributed by atoms with E-state index in [-0.39, 0.29) is 12.0 Å². The van der Waals surface area contributed by atoms with E-state index in [2.05, 4.69) is 12.2 Å². The molecule has 0 radical (unpaired) electrons. The zero-order chi connectivity index (χ0) is 19.0. The molecular weight excluding hydrogens is 322 g/mol. The van der Waals surface area contributed by atoms with Crippen LogP contribution in [0.15, 0.2) is 0 Å². The van der Waals surface area contributed by atoms with Crippen LogP contribution in [-0.4, -0.2) is 52.5 Å². The van der Waals surface area contributed by atoms with Gasteiger partial charge in [0.15, 0.2) is 5.79 Å². The van der Waals surface area contributed by atoms with Crippen LogP contribution in [0.3, 0.4) is 0 Å². The third-order valence-corrected chi connectivity index (χ3v) is 4.23. The Balaban J connectivity index is 3.61. The van der Waals surface area contributed by atoms with Crippen LogP contribution >= 0.6 is 0 Å². The summed E-state index contributed by atoms with van der Waals surface area (Å²) < 4.78 is 21.2. The van der Waals surface area contributed by atoms with Gasteiger partial charge in [-0.3, -0.25) is 0 Å². The van der Waals surface area contributed by atoms with Gasteiger partial charge in [-0.2, -0.15) is 0 Å². The van der Waals surface area contributed by atoms with Crippen molar-refractivity contribution in [2.24, 2.45) is 5.92 Å². The third-order valence-electron chi connectivity index (χ3n) is 4.23. The number of methoxy groups -OCH3 is 2. The van der Waals surface area contributed by atoms with Gasteiger partial charge < -0.3 is 24.3 Å². The Hall–Kier alpha value is -0.850. The molecule has 25 heavy (non-hydrogen) atoms. The summed E-state index contributed by atoms with van der Waals surface area (Å²) in [5.74, 6) is -0.438. The van der Waals surface area contributed by atoms with Gasteiger partial charge in [0.1, 0.15) is 0 Å². The lowest BCUT2D eigenvalue weighted by molar-refractivity contribution is -0.205. The zero-order valence-electron chi connectivity index (χ0n) is 16.9. The summed E-state index contributed by atoms with van der Waals surface area (Å²) in [6, 6.07) is 0. The monoisotopic (exact) mass is 361 g/mol. The van der Waals surface area contributed by atoms with Crippen molar-refractivity contribution in [2.45, 2.75) is 71.5 Å². The van der Waals surface area contributed by atoms with Gasteiger partial charge in [-0.15, -0.1) is 0 Å². The van der Waals surface area contributed by atoms with Crippen molar-refractivity contribution in [3.63, 3.8) is 0 Å². The molecule has 0 aromatic rings. The van der Waals surface area contributed by atoms with Gasteiger partial charge in [0.05, 0.1) is 13.2 Å². The van der Waals surface area contributed by atoms with Gasteiger partial charge in [0.2, 0.25) is 0 Å². The number of rotatable bonds is 16. The lowest BCUT2D eigenvalue weighted by Gasteiger charge is -2.26. The molecule has 0 fully saturated rings. The number of amides is 1. The smallest absolute Gasteiger partial charge is 0.407 e. The Morgan fingerprint density at radius 3 is 2.24 bits per heavy atom. The summed E-state index contributed by atoms with van der Waals surface area (Å²) in [4.78, 5) is 11.7. The number of carbonyl (C=O) groups is 1. The minimum absolute atomic E-state index is 0.173. The normalized spacial score (nSPS) is 12.8. The van der Waals surface area contributed by atoms with E-state index in [4.69, 9.17) is 18.9 Å². The van der Waals surface area contributed by atoms with Crippen molar-refractivity contribution in [2.75, 3.05) is 40.6 Å². The standard InChI is InChI=1S/C19H39NO5/c1-6-17(16-25-19(2,3)23-5)15-24-18(21)20-13-11-9-7-8-10-12-14-22-4/h17H,6-16H2,1-5H3,(H,20,21). The number of hydrogen-bond donors (Lipinski definition) is 1. The Bertz CT molecular complexity index is 323. The average molecular weight is 362 g/mol. The lowest BCUT2D eigenvalue weighted by atomic mass is 10.1. The molecule has 6 heteroatoms. The summed E-state index contributed by atoms with van der Waals surface area (Å²) in [5, 5.41) is 2.81. The van der Waals surface area contributed by atoms with Crippen molar-refractivity contribution >= 4 is 6.09 Å². The SMILES string of the molecule is CCC(COC(=O)NCCCCCCCCOC)COC(C)(C)OC. The maximum absolute atomic E-state index is 11.7. The Morgan fingerprint density at radius 1 is 1.00 bits per heavy atom. The number of nitrogens with one attached hydrogen (secondary N) is 1. The van der Waals surface area contributed by atoms with Gasteiger partial charge in [0, 0.05) is 33.3 Å².